The van der Waals surface area contributed by atoms with Crippen molar-refractivity contribution in [2.24, 2.45) is 0 Å². The number of carbonyl (C=O) groups is 1. The van der Waals surface area contributed by atoms with E-state index in [1.165, 1.54) is 9.87 Å². The minimum absolute atomic E-state index is 0.00403. The van der Waals surface area contributed by atoms with Gasteiger partial charge < -0.3 is 4.90 Å². The van der Waals surface area contributed by atoms with Crippen molar-refractivity contribution in [3.8, 4) is 0 Å². The molecule has 0 aliphatic carbocycles. The quantitative estimate of drug-likeness (QED) is 0.818. The molecule has 0 N–H and O–H groups in total. The average Bonchev–Trinajstić information content (AvgIpc) is 3.16. The van der Waals surface area contributed by atoms with E-state index in [-0.39, 0.29) is 24.2 Å². The van der Waals surface area contributed by atoms with E-state index in [4.69, 9.17) is 0 Å². The van der Waals surface area contributed by atoms with E-state index in [9.17, 15) is 13.2 Å². The Morgan fingerprint density at radius 2 is 1.96 bits per heavy atom. The van der Waals surface area contributed by atoms with E-state index in [1.54, 1.807) is 0 Å². The molecule has 5 nitrogen and oxygen atoms in total. The van der Waals surface area contributed by atoms with Crippen molar-refractivity contribution in [3.05, 3.63) is 35.9 Å². The Balaban J connectivity index is 1.74. The van der Waals surface area contributed by atoms with Gasteiger partial charge in [0, 0.05) is 25.0 Å². The zero-order valence-electron chi connectivity index (χ0n) is 14.2. The second-order valence-corrected chi connectivity index (χ2v) is 8.81. The van der Waals surface area contributed by atoms with E-state index in [1.807, 2.05) is 23.1 Å². The van der Waals surface area contributed by atoms with Crippen LogP contribution in [0.4, 0.5) is 0 Å². The summed E-state index contributed by atoms with van der Waals surface area (Å²) >= 11 is 0. The second-order valence-electron chi connectivity index (χ2n) is 6.73. The number of hydrogen-bond donors (Lipinski definition) is 0. The fourth-order valence-corrected chi connectivity index (χ4v) is 5.53. The lowest BCUT2D eigenvalue weighted by Crippen LogP contribution is -2.45. The van der Waals surface area contributed by atoms with Gasteiger partial charge in [-0.15, -0.1) is 0 Å². The van der Waals surface area contributed by atoms with Crippen LogP contribution >= 0.6 is 0 Å². The molecule has 24 heavy (non-hydrogen) atoms. The van der Waals surface area contributed by atoms with Crippen molar-refractivity contribution in [3.63, 3.8) is 0 Å². The molecule has 0 unspecified atom stereocenters. The van der Waals surface area contributed by atoms with Gasteiger partial charge in [0.2, 0.25) is 15.9 Å². The highest BCUT2D eigenvalue weighted by Crippen LogP contribution is 2.33. The highest BCUT2D eigenvalue weighted by atomic mass is 32.2. The zero-order valence-corrected chi connectivity index (χ0v) is 15.0. The zero-order chi connectivity index (χ0) is 17.2. The van der Waals surface area contributed by atoms with Crippen LogP contribution in [-0.2, 0) is 14.8 Å². The summed E-state index contributed by atoms with van der Waals surface area (Å²) < 4.78 is 25.3. The SMILES string of the molecule is CC[C@H](c1ccccc1)[C@H]1CCCN1C(=O)CN1CCCS1(=O)=O. The predicted octanol–water partition coefficient (Wildman–Crippen LogP) is 2.21. The Labute approximate surface area is 144 Å². The van der Waals surface area contributed by atoms with Gasteiger partial charge in [-0.25, -0.2) is 8.42 Å². The van der Waals surface area contributed by atoms with Crippen LogP contribution in [0.15, 0.2) is 30.3 Å². The molecule has 0 spiro atoms. The lowest BCUT2D eigenvalue weighted by Gasteiger charge is -2.32. The monoisotopic (exact) mass is 350 g/mol. The van der Waals surface area contributed by atoms with E-state index >= 15 is 0 Å². The molecule has 2 atom stereocenters. The summed E-state index contributed by atoms with van der Waals surface area (Å²) in [5, 5.41) is 0. The van der Waals surface area contributed by atoms with Gasteiger partial charge in [-0.05, 0) is 31.2 Å². The molecule has 2 fully saturated rings. The smallest absolute Gasteiger partial charge is 0.238 e. The molecule has 0 saturated carbocycles. The maximum Gasteiger partial charge on any atom is 0.238 e. The topological polar surface area (TPSA) is 57.7 Å². The van der Waals surface area contributed by atoms with E-state index in [0.717, 1.165) is 25.8 Å². The van der Waals surface area contributed by atoms with Crippen molar-refractivity contribution in [2.45, 2.75) is 44.6 Å². The van der Waals surface area contributed by atoms with Crippen molar-refractivity contribution < 1.29 is 13.2 Å². The first kappa shape index (κ1) is 17.4. The number of hydrogen-bond acceptors (Lipinski definition) is 3. The van der Waals surface area contributed by atoms with Crippen LogP contribution in [0, 0.1) is 0 Å². The predicted molar refractivity (Wildman–Crippen MR) is 94.2 cm³/mol. The normalized spacial score (nSPS) is 25.0. The van der Waals surface area contributed by atoms with Gasteiger partial charge in [0.1, 0.15) is 0 Å². The fourth-order valence-electron chi connectivity index (χ4n) is 4.06. The molecule has 2 aliphatic rings. The van der Waals surface area contributed by atoms with Gasteiger partial charge in [-0.3, -0.25) is 4.79 Å². The van der Waals surface area contributed by atoms with Crippen molar-refractivity contribution in [2.75, 3.05) is 25.4 Å². The first-order chi connectivity index (χ1) is 11.5. The van der Waals surface area contributed by atoms with Gasteiger partial charge >= 0.3 is 0 Å². The minimum Gasteiger partial charge on any atom is -0.338 e. The number of benzene rings is 1. The van der Waals surface area contributed by atoms with Crippen LogP contribution in [0.25, 0.3) is 0 Å². The van der Waals surface area contributed by atoms with Gasteiger partial charge in [-0.1, -0.05) is 37.3 Å². The fraction of sp³-hybridized carbons (Fsp3) is 0.611. The molecule has 0 bridgehead atoms. The Morgan fingerprint density at radius 1 is 1.21 bits per heavy atom. The van der Waals surface area contributed by atoms with E-state index < -0.39 is 10.0 Å². The molecule has 2 saturated heterocycles. The molecule has 6 heteroatoms. The Bertz CT molecular complexity index is 675. The largest absolute Gasteiger partial charge is 0.338 e. The molecule has 0 radical (unpaired) electrons. The number of carbonyl (C=O) groups excluding carboxylic acids is 1. The second kappa shape index (κ2) is 7.23. The summed E-state index contributed by atoms with van der Waals surface area (Å²) in [7, 11) is -3.22. The number of rotatable bonds is 5. The van der Waals surface area contributed by atoms with Crippen LogP contribution in [0.1, 0.15) is 44.1 Å². The van der Waals surface area contributed by atoms with E-state index in [0.29, 0.717) is 18.9 Å². The number of nitrogens with zero attached hydrogens (tertiary/aromatic N) is 2. The molecule has 2 aliphatic heterocycles. The number of likely N-dealkylation sites (tertiary alicyclic amines) is 1. The summed E-state index contributed by atoms with van der Waals surface area (Å²) in [4.78, 5) is 14.7. The van der Waals surface area contributed by atoms with Crippen LogP contribution in [0.2, 0.25) is 0 Å². The van der Waals surface area contributed by atoms with Crippen LogP contribution < -0.4 is 0 Å². The van der Waals surface area contributed by atoms with Gasteiger partial charge in [-0.2, -0.15) is 4.31 Å². The standard InChI is InChI=1S/C18H26N2O3S/c1-2-16(15-8-4-3-5-9-15)17-10-6-12-20(17)18(21)14-19-11-7-13-24(19,22)23/h3-5,8-9,16-17H,2,6-7,10-14H2,1H3/t16-,17-/m1/s1. The summed E-state index contributed by atoms with van der Waals surface area (Å²) in [6, 6.07) is 10.5. The van der Waals surface area contributed by atoms with Crippen molar-refractivity contribution in [1.29, 1.82) is 0 Å². The van der Waals surface area contributed by atoms with Gasteiger partial charge in [0.15, 0.2) is 0 Å². The molecular formula is C18H26N2O3S. The van der Waals surface area contributed by atoms with Gasteiger partial charge in [0.25, 0.3) is 0 Å². The van der Waals surface area contributed by atoms with Crippen LogP contribution in [-0.4, -0.2) is 55.0 Å². The molecule has 132 valence electrons. The van der Waals surface area contributed by atoms with Crippen molar-refractivity contribution in [1.82, 2.24) is 9.21 Å². The lowest BCUT2D eigenvalue weighted by molar-refractivity contribution is -0.132. The van der Waals surface area contributed by atoms with Crippen LogP contribution in [0.3, 0.4) is 0 Å². The lowest BCUT2D eigenvalue weighted by atomic mass is 9.87. The van der Waals surface area contributed by atoms with Gasteiger partial charge in [0.05, 0.1) is 12.3 Å². The summed E-state index contributed by atoms with van der Waals surface area (Å²) in [5.41, 5.74) is 1.26. The molecule has 2 heterocycles. The average molecular weight is 350 g/mol. The summed E-state index contributed by atoms with van der Waals surface area (Å²) in [6.07, 6.45) is 3.58. The maximum absolute atomic E-state index is 12.8. The minimum atomic E-state index is -3.22. The Morgan fingerprint density at radius 3 is 2.58 bits per heavy atom. The molecule has 1 aromatic carbocycles. The molecule has 1 aromatic rings. The molecule has 0 aromatic heterocycles. The van der Waals surface area contributed by atoms with Crippen LogP contribution in [0.5, 0.6) is 0 Å². The number of sulfonamides is 1. The highest BCUT2D eigenvalue weighted by molar-refractivity contribution is 7.89. The highest BCUT2D eigenvalue weighted by Gasteiger charge is 2.37. The molecule has 3 rings (SSSR count). The first-order valence-electron chi connectivity index (χ1n) is 8.85. The summed E-state index contributed by atoms with van der Waals surface area (Å²) in [6.45, 7) is 3.37. The third-order valence-corrected chi connectivity index (χ3v) is 7.17. The van der Waals surface area contributed by atoms with E-state index in [2.05, 4.69) is 19.1 Å². The number of amides is 1. The Kier molecular flexibility index (Phi) is 5.25. The van der Waals surface area contributed by atoms with Crippen molar-refractivity contribution >= 4 is 15.9 Å². The first-order valence-corrected chi connectivity index (χ1v) is 10.5. The third kappa shape index (κ3) is 3.49. The summed E-state index contributed by atoms with van der Waals surface area (Å²) in [5.74, 6) is 0.441. The molecular weight excluding hydrogens is 324 g/mol. The maximum atomic E-state index is 12.8. The third-order valence-electron chi connectivity index (χ3n) is 5.27. The Hall–Kier alpha value is -1.40. The molecule has 1 amide bonds.